The number of aromatic nitrogens is 1. The van der Waals surface area contributed by atoms with E-state index in [-0.39, 0.29) is 15.9 Å². The number of amides is 1. The normalized spacial score (nSPS) is 9.77. The maximum Gasteiger partial charge on any atom is 0.253 e. The number of hydrogen-bond donors (Lipinski definition) is 1. The van der Waals surface area contributed by atoms with E-state index in [9.17, 15) is 9.18 Å². The molecule has 0 aliphatic carbocycles. The molecule has 0 aliphatic heterocycles. The van der Waals surface area contributed by atoms with Gasteiger partial charge in [0.15, 0.2) is 5.82 Å². The van der Waals surface area contributed by atoms with Crippen LogP contribution in [0.15, 0.2) is 10.7 Å². The monoisotopic (exact) mass is 248 g/mol. The maximum absolute atomic E-state index is 13.3. The molecule has 0 aliphatic rings. The number of primary amides is 1. The molecule has 1 aromatic rings. The van der Waals surface area contributed by atoms with Gasteiger partial charge in [-0.2, -0.15) is 0 Å². The lowest BCUT2D eigenvalue weighted by molar-refractivity contribution is 0.0994. The summed E-state index contributed by atoms with van der Waals surface area (Å²) in [5.41, 5.74) is 4.69. The van der Waals surface area contributed by atoms with Gasteiger partial charge in [-0.1, -0.05) is 0 Å². The van der Waals surface area contributed by atoms with Crippen LogP contribution < -0.4 is 10.5 Å². The van der Waals surface area contributed by atoms with Crippen molar-refractivity contribution in [2.75, 3.05) is 7.11 Å². The molecule has 1 rings (SSSR count). The van der Waals surface area contributed by atoms with E-state index >= 15 is 0 Å². The molecule has 0 aromatic carbocycles. The Morgan fingerprint density at radius 2 is 2.38 bits per heavy atom. The number of hydrogen-bond acceptors (Lipinski definition) is 3. The molecule has 0 spiro atoms. The fourth-order valence-electron chi connectivity index (χ4n) is 0.816. The van der Waals surface area contributed by atoms with Crippen LogP contribution in [0.25, 0.3) is 0 Å². The van der Waals surface area contributed by atoms with Crippen molar-refractivity contribution in [2.24, 2.45) is 5.73 Å². The molecule has 1 amide bonds. The fourth-order valence-corrected chi connectivity index (χ4v) is 1.29. The zero-order chi connectivity index (χ0) is 10.0. The highest BCUT2D eigenvalue weighted by Gasteiger charge is 2.18. The highest BCUT2D eigenvalue weighted by Crippen LogP contribution is 2.24. The first-order valence-corrected chi connectivity index (χ1v) is 4.05. The summed E-state index contributed by atoms with van der Waals surface area (Å²) in [6.45, 7) is 0. The van der Waals surface area contributed by atoms with E-state index in [1.165, 1.54) is 13.3 Å². The van der Waals surface area contributed by atoms with Gasteiger partial charge in [-0.05, 0) is 15.9 Å². The topological polar surface area (TPSA) is 65.2 Å². The summed E-state index contributed by atoms with van der Waals surface area (Å²) >= 11 is 2.95. The van der Waals surface area contributed by atoms with Gasteiger partial charge in [0.25, 0.3) is 11.8 Å². The number of nitrogens with two attached hydrogens (primary N) is 1. The molecular weight excluding hydrogens is 243 g/mol. The summed E-state index contributed by atoms with van der Waals surface area (Å²) < 4.78 is 18.0. The summed E-state index contributed by atoms with van der Waals surface area (Å²) in [4.78, 5) is 14.4. The predicted molar refractivity (Wildman–Crippen MR) is 47.0 cm³/mol. The number of methoxy groups -OCH3 is 1. The van der Waals surface area contributed by atoms with Crippen LogP contribution in [0.4, 0.5) is 4.39 Å². The van der Waals surface area contributed by atoms with Gasteiger partial charge in [0.1, 0.15) is 0 Å². The zero-order valence-electron chi connectivity index (χ0n) is 6.67. The average Bonchev–Trinajstić information content (AvgIpc) is 2.04. The van der Waals surface area contributed by atoms with Crippen LogP contribution in [-0.4, -0.2) is 18.0 Å². The molecule has 6 heteroatoms. The van der Waals surface area contributed by atoms with Gasteiger partial charge in [0, 0.05) is 6.20 Å². The molecule has 1 heterocycles. The third kappa shape index (κ3) is 1.77. The van der Waals surface area contributed by atoms with Crippen molar-refractivity contribution in [1.82, 2.24) is 4.98 Å². The smallest absolute Gasteiger partial charge is 0.253 e. The lowest BCUT2D eigenvalue weighted by atomic mass is 10.2. The molecule has 0 saturated heterocycles. The van der Waals surface area contributed by atoms with Crippen molar-refractivity contribution in [1.29, 1.82) is 0 Å². The molecule has 0 unspecified atom stereocenters. The van der Waals surface area contributed by atoms with E-state index < -0.39 is 11.7 Å². The second-order valence-electron chi connectivity index (χ2n) is 2.17. The Morgan fingerprint density at radius 3 is 2.85 bits per heavy atom. The number of rotatable bonds is 2. The summed E-state index contributed by atoms with van der Waals surface area (Å²) in [7, 11) is 1.25. The highest BCUT2D eigenvalue weighted by molar-refractivity contribution is 9.10. The van der Waals surface area contributed by atoms with Gasteiger partial charge >= 0.3 is 0 Å². The molecule has 0 fully saturated rings. The van der Waals surface area contributed by atoms with Crippen molar-refractivity contribution < 1.29 is 13.9 Å². The van der Waals surface area contributed by atoms with Crippen LogP contribution >= 0.6 is 15.9 Å². The molecule has 2 N–H and O–H groups in total. The van der Waals surface area contributed by atoms with Gasteiger partial charge in [0.2, 0.25) is 0 Å². The van der Waals surface area contributed by atoms with E-state index in [0.29, 0.717) is 0 Å². The Kier molecular flexibility index (Phi) is 2.82. The SMILES string of the molecule is COc1ncc(Br)c(C(N)=O)c1F. The van der Waals surface area contributed by atoms with Gasteiger partial charge in [0.05, 0.1) is 17.1 Å². The number of pyridine rings is 1. The number of nitrogens with zero attached hydrogens (tertiary/aromatic N) is 1. The minimum Gasteiger partial charge on any atom is -0.479 e. The lowest BCUT2D eigenvalue weighted by Crippen LogP contribution is -2.15. The molecule has 1 aromatic heterocycles. The van der Waals surface area contributed by atoms with Gasteiger partial charge in [-0.3, -0.25) is 4.79 Å². The quantitative estimate of drug-likeness (QED) is 0.853. The highest BCUT2D eigenvalue weighted by atomic mass is 79.9. The van der Waals surface area contributed by atoms with Crippen LogP contribution in [0.3, 0.4) is 0 Å². The van der Waals surface area contributed by atoms with Crippen LogP contribution in [0.5, 0.6) is 5.88 Å². The second kappa shape index (κ2) is 3.69. The molecule has 0 bridgehead atoms. The van der Waals surface area contributed by atoms with E-state index in [1.54, 1.807) is 0 Å². The van der Waals surface area contributed by atoms with E-state index in [2.05, 4.69) is 25.7 Å². The van der Waals surface area contributed by atoms with Gasteiger partial charge in [-0.15, -0.1) is 0 Å². The predicted octanol–water partition coefficient (Wildman–Crippen LogP) is 1.09. The third-order valence-electron chi connectivity index (χ3n) is 1.38. The number of carbonyl (C=O) groups is 1. The molecule has 0 saturated carbocycles. The third-order valence-corrected chi connectivity index (χ3v) is 1.98. The van der Waals surface area contributed by atoms with Crippen molar-refractivity contribution in [3.8, 4) is 5.88 Å². The average molecular weight is 249 g/mol. The Labute approximate surface area is 82.0 Å². The Hall–Kier alpha value is -1.17. The van der Waals surface area contributed by atoms with Crippen LogP contribution in [0.2, 0.25) is 0 Å². The summed E-state index contributed by atoms with van der Waals surface area (Å²) in [6, 6.07) is 0. The van der Waals surface area contributed by atoms with E-state index in [4.69, 9.17) is 5.73 Å². The first-order valence-electron chi connectivity index (χ1n) is 3.25. The Morgan fingerprint density at radius 1 is 1.77 bits per heavy atom. The number of ether oxygens (including phenoxy) is 1. The maximum atomic E-state index is 13.3. The zero-order valence-corrected chi connectivity index (χ0v) is 8.26. The number of halogens is 2. The van der Waals surface area contributed by atoms with Crippen LogP contribution in [0, 0.1) is 5.82 Å². The minimum absolute atomic E-state index is 0.207. The van der Waals surface area contributed by atoms with Crippen LogP contribution in [-0.2, 0) is 0 Å². The molecule has 0 atom stereocenters. The van der Waals surface area contributed by atoms with Crippen molar-refractivity contribution in [2.45, 2.75) is 0 Å². The molecule has 70 valence electrons. The van der Waals surface area contributed by atoms with Crippen LogP contribution in [0.1, 0.15) is 10.4 Å². The van der Waals surface area contributed by atoms with Crippen molar-refractivity contribution in [3.05, 3.63) is 22.1 Å². The summed E-state index contributed by atoms with van der Waals surface area (Å²) in [6.07, 6.45) is 1.25. The molecule has 4 nitrogen and oxygen atoms in total. The summed E-state index contributed by atoms with van der Waals surface area (Å²) in [5.74, 6) is -1.98. The Bertz CT molecular complexity index is 357. The van der Waals surface area contributed by atoms with Crippen molar-refractivity contribution >= 4 is 21.8 Å². The molecule has 13 heavy (non-hydrogen) atoms. The van der Waals surface area contributed by atoms with Gasteiger partial charge < -0.3 is 10.5 Å². The fraction of sp³-hybridized carbons (Fsp3) is 0.143. The second-order valence-corrected chi connectivity index (χ2v) is 3.02. The minimum atomic E-state index is -0.870. The summed E-state index contributed by atoms with van der Waals surface area (Å²) in [5, 5.41) is 0. The standard InChI is InChI=1S/C7H6BrFN2O2/c1-13-7-5(9)4(6(10)12)3(8)2-11-7/h2H,1H3,(H2,10,12). The largest absolute Gasteiger partial charge is 0.479 e. The van der Waals surface area contributed by atoms with Crippen molar-refractivity contribution in [3.63, 3.8) is 0 Å². The molecular formula is C7H6BrFN2O2. The molecule has 0 radical (unpaired) electrons. The van der Waals surface area contributed by atoms with Gasteiger partial charge in [-0.25, -0.2) is 9.37 Å². The number of carbonyl (C=O) groups excluding carboxylic acids is 1. The van der Waals surface area contributed by atoms with E-state index in [1.807, 2.05) is 0 Å². The first-order chi connectivity index (χ1) is 6.07. The Balaban J connectivity index is 3.38. The first kappa shape index (κ1) is 9.91. The van der Waals surface area contributed by atoms with E-state index in [0.717, 1.165) is 0 Å². The lowest BCUT2D eigenvalue weighted by Gasteiger charge is -2.04.